The Kier molecular flexibility index (Phi) is 3.33. The molecule has 1 aromatic heterocycles. The van der Waals surface area contributed by atoms with Crippen molar-refractivity contribution in [3.63, 3.8) is 0 Å². The minimum absolute atomic E-state index is 0.00617. The van der Waals surface area contributed by atoms with Crippen LogP contribution in [-0.2, 0) is 6.54 Å². The summed E-state index contributed by atoms with van der Waals surface area (Å²) in [6, 6.07) is 10.1. The van der Waals surface area contributed by atoms with E-state index in [2.05, 4.69) is 9.97 Å². The first kappa shape index (κ1) is 13.5. The van der Waals surface area contributed by atoms with Gasteiger partial charge in [-0.1, -0.05) is 30.3 Å². The van der Waals surface area contributed by atoms with Crippen LogP contribution >= 0.6 is 0 Å². The molecule has 1 amide bonds. The third-order valence-electron chi connectivity index (χ3n) is 3.82. The van der Waals surface area contributed by atoms with Gasteiger partial charge < -0.3 is 9.80 Å². The van der Waals surface area contributed by atoms with Crippen molar-refractivity contribution in [1.82, 2.24) is 14.9 Å². The highest BCUT2D eigenvalue weighted by Gasteiger charge is 2.33. The fraction of sp³-hybridized carbons (Fsp3) is 0.312. The Morgan fingerprint density at radius 3 is 2.62 bits per heavy atom. The largest absolute Gasteiger partial charge is 0.347 e. The van der Waals surface area contributed by atoms with Crippen molar-refractivity contribution >= 4 is 11.9 Å². The molecule has 0 spiro atoms. The first-order valence-corrected chi connectivity index (χ1v) is 6.97. The minimum atomic E-state index is 0.00617. The number of amides is 1. The molecule has 1 unspecified atom stereocenters. The Morgan fingerprint density at radius 1 is 1.24 bits per heavy atom. The van der Waals surface area contributed by atoms with Gasteiger partial charge in [0.05, 0.1) is 23.8 Å². The van der Waals surface area contributed by atoms with Crippen molar-refractivity contribution < 1.29 is 4.79 Å². The Labute approximate surface area is 124 Å². The van der Waals surface area contributed by atoms with Gasteiger partial charge in [0.15, 0.2) is 0 Å². The predicted molar refractivity (Wildman–Crippen MR) is 81.1 cm³/mol. The molecule has 108 valence electrons. The maximum atomic E-state index is 12.5. The van der Waals surface area contributed by atoms with Crippen LogP contribution in [0.3, 0.4) is 0 Å². The lowest BCUT2D eigenvalue weighted by molar-refractivity contribution is 0.0715. The van der Waals surface area contributed by atoms with Crippen LogP contribution < -0.4 is 4.90 Å². The number of carbonyl (C=O) groups excluding carboxylic acids is 1. The van der Waals surface area contributed by atoms with Crippen LogP contribution in [0, 0.1) is 0 Å². The Morgan fingerprint density at radius 2 is 1.95 bits per heavy atom. The number of aromatic nitrogens is 2. The molecule has 1 atom stereocenters. The van der Waals surface area contributed by atoms with Gasteiger partial charge in [0.1, 0.15) is 0 Å². The molecule has 1 aromatic carbocycles. The molecule has 3 rings (SSSR count). The summed E-state index contributed by atoms with van der Waals surface area (Å²) in [5, 5.41) is 0. The summed E-state index contributed by atoms with van der Waals surface area (Å²) in [4.78, 5) is 24.9. The lowest BCUT2D eigenvalue weighted by atomic mass is 10.1. The molecular weight excluding hydrogens is 264 g/mol. The van der Waals surface area contributed by atoms with Crippen LogP contribution in [0.5, 0.6) is 0 Å². The second kappa shape index (κ2) is 5.16. The van der Waals surface area contributed by atoms with Crippen LogP contribution in [0.25, 0.3) is 0 Å². The molecule has 1 aliphatic rings. The summed E-state index contributed by atoms with van der Waals surface area (Å²) in [7, 11) is 3.78. The maximum absolute atomic E-state index is 12.5. The number of carbonyl (C=O) groups is 1. The van der Waals surface area contributed by atoms with Gasteiger partial charge in [0.25, 0.3) is 5.91 Å². The number of benzene rings is 1. The normalized spacial score (nSPS) is 15.0. The maximum Gasteiger partial charge on any atom is 0.258 e. The number of anilines is 1. The third kappa shape index (κ3) is 2.35. The summed E-state index contributed by atoms with van der Waals surface area (Å²) in [6.07, 6.45) is 1.64. The Bertz CT molecular complexity index is 669. The Balaban J connectivity index is 1.90. The van der Waals surface area contributed by atoms with E-state index in [0.717, 1.165) is 11.3 Å². The van der Waals surface area contributed by atoms with E-state index < -0.39 is 0 Å². The quantitative estimate of drug-likeness (QED) is 0.866. The van der Waals surface area contributed by atoms with Gasteiger partial charge in [-0.05, 0) is 12.5 Å². The zero-order valence-electron chi connectivity index (χ0n) is 12.4. The average molecular weight is 282 g/mol. The monoisotopic (exact) mass is 282 g/mol. The van der Waals surface area contributed by atoms with Crippen LogP contribution in [0.2, 0.25) is 0 Å². The molecule has 21 heavy (non-hydrogen) atoms. The van der Waals surface area contributed by atoms with E-state index in [-0.39, 0.29) is 11.9 Å². The van der Waals surface area contributed by atoms with Crippen LogP contribution in [0.1, 0.15) is 34.6 Å². The average Bonchev–Trinajstić information content (AvgIpc) is 2.84. The highest BCUT2D eigenvalue weighted by molar-refractivity contribution is 5.97. The highest BCUT2D eigenvalue weighted by Crippen LogP contribution is 2.30. The highest BCUT2D eigenvalue weighted by atomic mass is 16.2. The fourth-order valence-corrected chi connectivity index (χ4v) is 2.53. The van der Waals surface area contributed by atoms with Gasteiger partial charge in [-0.3, -0.25) is 4.79 Å². The first-order valence-electron chi connectivity index (χ1n) is 6.97. The van der Waals surface area contributed by atoms with E-state index in [0.29, 0.717) is 18.1 Å². The van der Waals surface area contributed by atoms with Crippen molar-refractivity contribution in [2.45, 2.75) is 19.5 Å². The van der Waals surface area contributed by atoms with Crippen LogP contribution in [-0.4, -0.2) is 34.9 Å². The standard InChI is InChI=1S/C16H18N4O/c1-11(12-7-5-4-6-8-12)20-10-14-13(15(20)21)9-17-16(18-14)19(2)3/h4-9,11H,10H2,1-3H3. The molecule has 1 aliphatic heterocycles. The Hall–Kier alpha value is -2.43. The van der Waals surface area contributed by atoms with Crippen molar-refractivity contribution in [2.75, 3.05) is 19.0 Å². The molecule has 0 saturated carbocycles. The molecule has 0 radical (unpaired) electrons. The summed E-state index contributed by atoms with van der Waals surface area (Å²) >= 11 is 0. The summed E-state index contributed by atoms with van der Waals surface area (Å²) in [5.41, 5.74) is 2.55. The van der Waals surface area contributed by atoms with Gasteiger partial charge in [0.2, 0.25) is 5.95 Å². The van der Waals surface area contributed by atoms with Crippen molar-refractivity contribution in [3.05, 3.63) is 53.3 Å². The molecule has 0 saturated heterocycles. The smallest absolute Gasteiger partial charge is 0.258 e. The van der Waals surface area contributed by atoms with Gasteiger partial charge in [0, 0.05) is 20.3 Å². The summed E-state index contributed by atoms with van der Waals surface area (Å²) < 4.78 is 0. The predicted octanol–water partition coefficient (Wildman–Crippen LogP) is 2.26. The van der Waals surface area contributed by atoms with Gasteiger partial charge >= 0.3 is 0 Å². The van der Waals surface area contributed by atoms with Crippen LogP contribution in [0.4, 0.5) is 5.95 Å². The topological polar surface area (TPSA) is 49.3 Å². The van der Waals surface area contributed by atoms with E-state index in [1.54, 1.807) is 6.20 Å². The molecule has 0 aliphatic carbocycles. The van der Waals surface area contributed by atoms with Crippen molar-refractivity contribution in [1.29, 1.82) is 0 Å². The number of hydrogen-bond donors (Lipinski definition) is 0. The lowest BCUT2D eigenvalue weighted by Crippen LogP contribution is -2.27. The molecule has 2 aromatic rings. The number of hydrogen-bond acceptors (Lipinski definition) is 4. The number of fused-ring (bicyclic) bond motifs is 1. The van der Waals surface area contributed by atoms with E-state index in [1.807, 2.05) is 61.2 Å². The molecular formula is C16H18N4O. The molecule has 2 heterocycles. The number of nitrogens with zero attached hydrogens (tertiary/aromatic N) is 4. The minimum Gasteiger partial charge on any atom is -0.347 e. The van der Waals surface area contributed by atoms with E-state index in [1.165, 1.54) is 0 Å². The van der Waals surface area contributed by atoms with Crippen molar-refractivity contribution in [2.24, 2.45) is 0 Å². The van der Waals surface area contributed by atoms with Gasteiger partial charge in [-0.25, -0.2) is 9.97 Å². The molecule has 0 fully saturated rings. The molecule has 5 heteroatoms. The fourth-order valence-electron chi connectivity index (χ4n) is 2.53. The third-order valence-corrected chi connectivity index (χ3v) is 3.82. The van der Waals surface area contributed by atoms with E-state index >= 15 is 0 Å². The molecule has 0 N–H and O–H groups in total. The molecule has 5 nitrogen and oxygen atoms in total. The molecule has 0 bridgehead atoms. The zero-order chi connectivity index (χ0) is 15.0. The second-order valence-electron chi connectivity index (χ2n) is 5.44. The first-order chi connectivity index (χ1) is 10.1. The second-order valence-corrected chi connectivity index (χ2v) is 5.44. The van der Waals surface area contributed by atoms with E-state index in [9.17, 15) is 4.79 Å². The van der Waals surface area contributed by atoms with E-state index in [4.69, 9.17) is 0 Å². The SMILES string of the molecule is CC(c1ccccc1)N1Cc2nc(N(C)C)ncc2C1=O. The number of rotatable bonds is 3. The van der Waals surface area contributed by atoms with Gasteiger partial charge in [-0.15, -0.1) is 0 Å². The lowest BCUT2D eigenvalue weighted by Gasteiger charge is -2.24. The van der Waals surface area contributed by atoms with Crippen LogP contribution in [0.15, 0.2) is 36.5 Å². The van der Waals surface area contributed by atoms with Crippen molar-refractivity contribution in [3.8, 4) is 0 Å². The summed E-state index contributed by atoms with van der Waals surface area (Å²) in [5.74, 6) is 0.641. The van der Waals surface area contributed by atoms with Gasteiger partial charge in [-0.2, -0.15) is 0 Å². The summed E-state index contributed by atoms with van der Waals surface area (Å²) in [6.45, 7) is 2.58. The zero-order valence-corrected chi connectivity index (χ0v) is 12.4.